The fourth-order valence-corrected chi connectivity index (χ4v) is 2.36. The third-order valence-electron chi connectivity index (χ3n) is 3.35. The Kier molecular flexibility index (Phi) is 4.48. The minimum absolute atomic E-state index is 0.0286. The highest BCUT2D eigenvalue weighted by Crippen LogP contribution is 2.20. The van der Waals surface area contributed by atoms with E-state index in [-0.39, 0.29) is 30.9 Å². The first kappa shape index (κ1) is 13.5. The van der Waals surface area contributed by atoms with Crippen LogP contribution in [0.4, 0.5) is 0 Å². The third kappa shape index (κ3) is 3.52. The van der Waals surface area contributed by atoms with Gasteiger partial charge in [-0.2, -0.15) is 0 Å². The molecule has 0 aliphatic carbocycles. The average molecular weight is 266 g/mol. The molecule has 1 atom stereocenters. The highest BCUT2D eigenvalue weighted by Gasteiger charge is 2.28. The molecule has 2 rings (SSSR count). The van der Waals surface area contributed by atoms with E-state index in [1.54, 1.807) is 11.1 Å². The Balaban J connectivity index is 1.98. The highest BCUT2D eigenvalue weighted by atomic mass is 16.5. The molecule has 7 nitrogen and oxygen atoms in total. The van der Waals surface area contributed by atoms with Gasteiger partial charge in [-0.05, 0) is 19.3 Å². The summed E-state index contributed by atoms with van der Waals surface area (Å²) in [7, 11) is 1.37. The molecule has 104 valence electrons. The Labute approximate surface area is 111 Å². The Morgan fingerprint density at radius 2 is 2.26 bits per heavy atom. The molecule has 1 amide bonds. The maximum Gasteiger partial charge on any atom is 0.307 e. The van der Waals surface area contributed by atoms with Crippen LogP contribution in [0.25, 0.3) is 0 Å². The standard InChI is InChI=1S/C12H18N4O3/c1-19-12(18)8-10-4-2-3-6-16(10)11(17)9-15-7-5-13-14-15/h5,7,10H,2-4,6,8-9H2,1H3. The Morgan fingerprint density at radius 1 is 1.42 bits per heavy atom. The van der Waals surface area contributed by atoms with Gasteiger partial charge in [-0.25, -0.2) is 4.68 Å². The molecule has 1 aliphatic heterocycles. The molecule has 0 saturated carbocycles. The Hall–Kier alpha value is -1.92. The number of hydrogen-bond donors (Lipinski definition) is 0. The molecular weight excluding hydrogens is 248 g/mol. The molecular formula is C12H18N4O3. The molecule has 19 heavy (non-hydrogen) atoms. The molecule has 0 bridgehead atoms. The summed E-state index contributed by atoms with van der Waals surface area (Å²) >= 11 is 0. The van der Waals surface area contributed by atoms with E-state index in [2.05, 4.69) is 15.0 Å². The van der Waals surface area contributed by atoms with Gasteiger partial charge in [-0.3, -0.25) is 9.59 Å². The van der Waals surface area contributed by atoms with Crippen LogP contribution in [0.15, 0.2) is 12.4 Å². The van der Waals surface area contributed by atoms with E-state index in [1.165, 1.54) is 18.0 Å². The predicted octanol–water partition coefficient (Wildman–Crippen LogP) is 0.222. The zero-order chi connectivity index (χ0) is 13.7. The number of esters is 1. The van der Waals surface area contributed by atoms with Crippen molar-refractivity contribution in [1.82, 2.24) is 19.9 Å². The zero-order valence-corrected chi connectivity index (χ0v) is 11.0. The SMILES string of the molecule is COC(=O)CC1CCCCN1C(=O)Cn1ccnn1. The van der Waals surface area contributed by atoms with Crippen molar-refractivity contribution in [3.63, 3.8) is 0 Å². The number of hydrogen-bond acceptors (Lipinski definition) is 5. The lowest BCUT2D eigenvalue weighted by molar-refractivity contribution is -0.144. The summed E-state index contributed by atoms with van der Waals surface area (Å²) in [5.74, 6) is -0.301. The van der Waals surface area contributed by atoms with Crippen LogP contribution in [0.2, 0.25) is 0 Å². The highest BCUT2D eigenvalue weighted by molar-refractivity contribution is 5.77. The normalized spacial score (nSPS) is 19.2. The van der Waals surface area contributed by atoms with Gasteiger partial charge in [0.25, 0.3) is 0 Å². The Bertz CT molecular complexity index is 432. The van der Waals surface area contributed by atoms with Crippen LogP contribution < -0.4 is 0 Å². The summed E-state index contributed by atoms with van der Waals surface area (Å²) < 4.78 is 6.17. The molecule has 0 spiro atoms. The summed E-state index contributed by atoms with van der Waals surface area (Å²) in [5, 5.41) is 7.45. The van der Waals surface area contributed by atoms with Crippen molar-refractivity contribution < 1.29 is 14.3 Å². The molecule has 1 saturated heterocycles. The summed E-state index contributed by atoms with van der Waals surface area (Å²) in [6.45, 7) is 0.854. The van der Waals surface area contributed by atoms with Crippen molar-refractivity contribution >= 4 is 11.9 Å². The third-order valence-corrected chi connectivity index (χ3v) is 3.35. The van der Waals surface area contributed by atoms with E-state index in [0.29, 0.717) is 6.54 Å². The molecule has 0 aromatic carbocycles. The maximum absolute atomic E-state index is 12.2. The quantitative estimate of drug-likeness (QED) is 0.729. The molecule has 1 fully saturated rings. The van der Waals surface area contributed by atoms with Crippen LogP contribution >= 0.6 is 0 Å². The van der Waals surface area contributed by atoms with Crippen LogP contribution in [0, 0.1) is 0 Å². The fraction of sp³-hybridized carbons (Fsp3) is 0.667. The zero-order valence-electron chi connectivity index (χ0n) is 11.0. The van der Waals surface area contributed by atoms with Gasteiger partial charge in [-0.15, -0.1) is 5.10 Å². The summed E-state index contributed by atoms with van der Waals surface area (Å²) in [6, 6.07) is -0.0581. The smallest absolute Gasteiger partial charge is 0.307 e. The van der Waals surface area contributed by atoms with Crippen molar-refractivity contribution in [3.05, 3.63) is 12.4 Å². The van der Waals surface area contributed by atoms with E-state index >= 15 is 0 Å². The number of ether oxygens (including phenoxy) is 1. The van der Waals surface area contributed by atoms with Crippen molar-refractivity contribution in [1.29, 1.82) is 0 Å². The molecule has 1 unspecified atom stereocenters. The molecule has 2 heterocycles. The minimum Gasteiger partial charge on any atom is -0.469 e. The fourth-order valence-electron chi connectivity index (χ4n) is 2.36. The number of aromatic nitrogens is 3. The van der Waals surface area contributed by atoms with Gasteiger partial charge in [0.15, 0.2) is 0 Å². The first-order valence-corrected chi connectivity index (χ1v) is 6.41. The van der Waals surface area contributed by atoms with Gasteiger partial charge in [-0.1, -0.05) is 5.21 Å². The van der Waals surface area contributed by atoms with E-state index < -0.39 is 0 Å². The number of likely N-dealkylation sites (tertiary alicyclic amines) is 1. The molecule has 0 radical (unpaired) electrons. The largest absolute Gasteiger partial charge is 0.469 e. The van der Waals surface area contributed by atoms with Gasteiger partial charge in [0, 0.05) is 18.8 Å². The number of carbonyl (C=O) groups excluding carboxylic acids is 2. The molecule has 0 N–H and O–H groups in total. The second kappa shape index (κ2) is 6.31. The van der Waals surface area contributed by atoms with Gasteiger partial charge in [0.2, 0.25) is 5.91 Å². The average Bonchev–Trinajstić information content (AvgIpc) is 2.92. The summed E-state index contributed by atoms with van der Waals surface area (Å²) in [6.07, 6.45) is 6.31. The number of nitrogens with zero attached hydrogens (tertiary/aromatic N) is 4. The minimum atomic E-state index is -0.273. The van der Waals surface area contributed by atoms with Crippen molar-refractivity contribution in [2.24, 2.45) is 0 Å². The van der Waals surface area contributed by atoms with Gasteiger partial charge in [0.05, 0.1) is 19.7 Å². The number of carbonyl (C=O) groups is 2. The lowest BCUT2D eigenvalue weighted by Gasteiger charge is -2.35. The van der Waals surface area contributed by atoms with Gasteiger partial charge in [0.1, 0.15) is 6.54 Å². The lowest BCUT2D eigenvalue weighted by atomic mass is 9.99. The van der Waals surface area contributed by atoms with Crippen molar-refractivity contribution in [3.8, 4) is 0 Å². The molecule has 1 aliphatic rings. The van der Waals surface area contributed by atoms with E-state index in [9.17, 15) is 9.59 Å². The summed E-state index contributed by atoms with van der Waals surface area (Å²) in [4.78, 5) is 25.4. The van der Waals surface area contributed by atoms with E-state index in [1.807, 2.05) is 0 Å². The second-order valence-electron chi connectivity index (χ2n) is 4.62. The number of rotatable bonds is 4. The van der Waals surface area contributed by atoms with Crippen LogP contribution in [-0.4, -0.2) is 51.5 Å². The van der Waals surface area contributed by atoms with Crippen molar-refractivity contribution in [2.45, 2.75) is 38.3 Å². The predicted molar refractivity (Wildman–Crippen MR) is 66.0 cm³/mol. The van der Waals surface area contributed by atoms with Gasteiger partial charge >= 0.3 is 5.97 Å². The van der Waals surface area contributed by atoms with Crippen LogP contribution in [0.1, 0.15) is 25.7 Å². The van der Waals surface area contributed by atoms with Crippen LogP contribution in [0.3, 0.4) is 0 Å². The molecule has 1 aromatic rings. The topological polar surface area (TPSA) is 77.3 Å². The molecule has 7 heteroatoms. The van der Waals surface area contributed by atoms with E-state index in [0.717, 1.165) is 19.3 Å². The number of piperidine rings is 1. The van der Waals surface area contributed by atoms with Crippen LogP contribution in [0.5, 0.6) is 0 Å². The maximum atomic E-state index is 12.2. The van der Waals surface area contributed by atoms with Gasteiger partial charge < -0.3 is 9.64 Å². The first-order chi connectivity index (χ1) is 9.20. The number of amides is 1. The molecule has 1 aromatic heterocycles. The summed E-state index contributed by atoms with van der Waals surface area (Å²) in [5.41, 5.74) is 0. The van der Waals surface area contributed by atoms with Crippen LogP contribution in [-0.2, 0) is 20.9 Å². The monoisotopic (exact) mass is 266 g/mol. The van der Waals surface area contributed by atoms with E-state index in [4.69, 9.17) is 0 Å². The Morgan fingerprint density at radius 3 is 2.95 bits per heavy atom. The first-order valence-electron chi connectivity index (χ1n) is 6.41. The lowest BCUT2D eigenvalue weighted by Crippen LogP contribution is -2.46. The second-order valence-corrected chi connectivity index (χ2v) is 4.62. The number of methoxy groups -OCH3 is 1. The van der Waals surface area contributed by atoms with Crippen molar-refractivity contribution in [2.75, 3.05) is 13.7 Å².